The van der Waals surface area contributed by atoms with Gasteiger partial charge in [0.1, 0.15) is 5.58 Å². The van der Waals surface area contributed by atoms with Gasteiger partial charge in [-0.15, -0.1) is 0 Å². The number of hydrogen-bond acceptors (Lipinski definition) is 2. The molecule has 1 aromatic carbocycles. The van der Waals surface area contributed by atoms with Crippen molar-refractivity contribution in [1.29, 1.82) is 0 Å². The molecule has 0 saturated heterocycles. The van der Waals surface area contributed by atoms with Crippen LogP contribution in [0, 0.1) is 13.8 Å². The Morgan fingerprint density at radius 1 is 1.33 bits per heavy atom. The smallest absolute Gasteiger partial charge is 0.287 e. The molecule has 0 aliphatic heterocycles. The normalized spacial score (nSPS) is 10.9. The average molecular weight is 243 g/mol. The van der Waals surface area contributed by atoms with E-state index in [1.807, 2.05) is 19.9 Å². The van der Waals surface area contributed by atoms with Crippen LogP contribution in [0.1, 0.15) is 21.7 Å². The molecule has 0 saturated carbocycles. The van der Waals surface area contributed by atoms with Gasteiger partial charge in [-0.1, -0.05) is 11.6 Å². The molecule has 15 heavy (non-hydrogen) atoms. The second-order valence-corrected chi connectivity index (χ2v) is 4.18. The maximum atomic E-state index is 11.0. The Labute approximate surface area is 96.8 Å². The summed E-state index contributed by atoms with van der Waals surface area (Å²) in [7, 11) is 0. The van der Waals surface area contributed by atoms with Gasteiger partial charge in [0.15, 0.2) is 5.76 Å². The van der Waals surface area contributed by atoms with E-state index in [0.717, 1.165) is 16.5 Å². The van der Waals surface area contributed by atoms with Gasteiger partial charge in [0.25, 0.3) is 5.24 Å². The van der Waals surface area contributed by atoms with E-state index in [1.165, 1.54) is 0 Å². The summed E-state index contributed by atoms with van der Waals surface area (Å²) in [6.07, 6.45) is 0. The highest BCUT2D eigenvalue weighted by molar-refractivity contribution is 6.67. The summed E-state index contributed by atoms with van der Waals surface area (Å²) in [5.41, 5.74) is 2.45. The lowest BCUT2D eigenvalue weighted by molar-refractivity contribution is 0.105. The lowest BCUT2D eigenvalue weighted by Crippen LogP contribution is -1.81. The number of rotatable bonds is 1. The van der Waals surface area contributed by atoms with E-state index >= 15 is 0 Å². The molecule has 0 unspecified atom stereocenters. The number of carbonyl (C=O) groups is 1. The molecule has 0 N–H and O–H groups in total. The van der Waals surface area contributed by atoms with E-state index in [4.69, 9.17) is 27.6 Å². The molecule has 0 fully saturated rings. The average Bonchev–Trinajstić information content (AvgIpc) is 2.59. The molecule has 0 bridgehead atoms. The van der Waals surface area contributed by atoms with Crippen molar-refractivity contribution in [2.75, 3.05) is 0 Å². The predicted octanol–water partition coefficient (Wildman–Crippen LogP) is 4.08. The summed E-state index contributed by atoms with van der Waals surface area (Å²) in [5, 5.41) is 0.902. The summed E-state index contributed by atoms with van der Waals surface area (Å²) in [4.78, 5) is 11.0. The quantitative estimate of drug-likeness (QED) is 0.706. The third-order valence-corrected chi connectivity index (χ3v) is 2.97. The van der Waals surface area contributed by atoms with Crippen molar-refractivity contribution in [3.63, 3.8) is 0 Å². The second kappa shape index (κ2) is 3.54. The van der Waals surface area contributed by atoms with E-state index in [9.17, 15) is 4.79 Å². The highest BCUT2D eigenvalue weighted by Gasteiger charge is 2.14. The summed E-state index contributed by atoms with van der Waals surface area (Å²) < 4.78 is 5.36. The fourth-order valence-electron chi connectivity index (χ4n) is 1.55. The van der Waals surface area contributed by atoms with Gasteiger partial charge in [0.05, 0.1) is 0 Å². The maximum absolute atomic E-state index is 11.0. The third kappa shape index (κ3) is 1.64. The topological polar surface area (TPSA) is 30.2 Å². The second-order valence-electron chi connectivity index (χ2n) is 3.43. The Kier molecular flexibility index (Phi) is 2.49. The number of fused-ring (bicyclic) bond motifs is 1. The van der Waals surface area contributed by atoms with Crippen LogP contribution >= 0.6 is 23.2 Å². The van der Waals surface area contributed by atoms with Crippen LogP contribution in [0.25, 0.3) is 11.0 Å². The molecule has 0 spiro atoms. The van der Waals surface area contributed by atoms with Crippen LogP contribution in [0.15, 0.2) is 16.5 Å². The van der Waals surface area contributed by atoms with Crippen molar-refractivity contribution >= 4 is 39.4 Å². The highest BCUT2D eigenvalue weighted by Crippen LogP contribution is 2.31. The molecule has 0 aliphatic carbocycles. The molecule has 2 aromatic rings. The lowest BCUT2D eigenvalue weighted by Gasteiger charge is -2.01. The van der Waals surface area contributed by atoms with Crippen molar-refractivity contribution < 1.29 is 9.21 Å². The number of benzene rings is 1. The summed E-state index contributed by atoms with van der Waals surface area (Å²) in [5.74, 6) is 0.153. The van der Waals surface area contributed by atoms with Gasteiger partial charge in [-0.2, -0.15) is 0 Å². The largest absolute Gasteiger partial charge is 0.451 e. The van der Waals surface area contributed by atoms with Gasteiger partial charge < -0.3 is 4.42 Å². The molecule has 1 aromatic heterocycles. The molecule has 0 amide bonds. The zero-order valence-corrected chi connectivity index (χ0v) is 9.74. The van der Waals surface area contributed by atoms with Crippen molar-refractivity contribution in [3.8, 4) is 0 Å². The maximum Gasteiger partial charge on any atom is 0.287 e. The van der Waals surface area contributed by atoms with Crippen LogP contribution in [-0.2, 0) is 0 Å². The first-order valence-corrected chi connectivity index (χ1v) is 5.15. The lowest BCUT2D eigenvalue weighted by atomic mass is 10.1. The van der Waals surface area contributed by atoms with Crippen molar-refractivity contribution in [1.82, 2.24) is 0 Å². The van der Waals surface area contributed by atoms with Crippen molar-refractivity contribution in [2.45, 2.75) is 13.8 Å². The SMILES string of the molecule is Cc1c(Cl)cc(C)c2oc(C(=O)Cl)cc12. The fourth-order valence-corrected chi connectivity index (χ4v) is 1.91. The minimum absolute atomic E-state index is 0.153. The van der Waals surface area contributed by atoms with Gasteiger partial charge in [0.2, 0.25) is 0 Å². The van der Waals surface area contributed by atoms with Gasteiger partial charge in [-0.25, -0.2) is 0 Å². The molecule has 4 heteroatoms. The monoisotopic (exact) mass is 242 g/mol. The van der Waals surface area contributed by atoms with E-state index in [-0.39, 0.29) is 5.76 Å². The van der Waals surface area contributed by atoms with Gasteiger partial charge >= 0.3 is 0 Å². The van der Waals surface area contributed by atoms with Crippen LogP contribution in [-0.4, -0.2) is 5.24 Å². The van der Waals surface area contributed by atoms with Crippen LogP contribution in [0.5, 0.6) is 0 Å². The summed E-state index contributed by atoms with van der Waals surface area (Å²) >= 11 is 11.4. The zero-order valence-electron chi connectivity index (χ0n) is 8.23. The number of furan rings is 1. The highest BCUT2D eigenvalue weighted by atomic mass is 35.5. The zero-order chi connectivity index (χ0) is 11.2. The molecule has 1 heterocycles. The molecule has 2 nitrogen and oxygen atoms in total. The molecule has 0 radical (unpaired) electrons. The van der Waals surface area contributed by atoms with Crippen molar-refractivity contribution in [2.24, 2.45) is 0 Å². The Balaban J connectivity index is 2.85. The van der Waals surface area contributed by atoms with Gasteiger partial charge in [0, 0.05) is 10.4 Å². The Morgan fingerprint density at radius 3 is 2.60 bits per heavy atom. The van der Waals surface area contributed by atoms with Crippen LogP contribution in [0.4, 0.5) is 0 Å². The molecular weight excluding hydrogens is 235 g/mol. The first kappa shape index (κ1) is 10.5. The van der Waals surface area contributed by atoms with Crippen molar-refractivity contribution in [3.05, 3.63) is 34.0 Å². The Bertz CT molecular complexity index is 555. The van der Waals surface area contributed by atoms with E-state index in [0.29, 0.717) is 10.6 Å². The minimum atomic E-state index is -0.596. The minimum Gasteiger partial charge on any atom is -0.451 e. The first-order chi connectivity index (χ1) is 7.00. The number of halogens is 2. The summed E-state index contributed by atoms with van der Waals surface area (Å²) in [6.45, 7) is 3.75. The van der Waals surface area contributed by atoms with E-state index < -0.39 is 5.24 Å². The number of carbonyl (C=O) groups excluding carboxylic acids is 1. The molecule has 78 valence electrons. The number of hydrogen-bond donors (Lipinski definition) is 0. The Hall–Kier alpha value is -0.990. The fraction of sp³-hybridized carbons (Fsp3) is 0.182. The van der Waals surface area contributed by atoms with Gasteiger partial charge in [-0.3, -0.25) is 4.79 Å². The Morgan fingerprint density at radius 2 is 2.00 bits per heavy atom. The molecule has 2 rings (SSSR count). The van der Waals surface area contributed by atoms with Crippen LogP contribution < -0.4 is 0 Å². The summed E-state index contributed by atoms with van der Waals surface area (Å²) in [6, 6.07) is 3.43. The van der Waals surface area contributed by atoms with E-state index in [1.54, 1.807) is 6.07 Å². The number of aryl methyl sites for hydroxylation is 2. The van der Waals surface area contributed by atoms with E-state index in [2.05, 4.69) is 0 Å². The first-order valence-electron chi connectivity index (χ1n) is 4.40. The third-order valence-electron chi connectivity index (χ3n) is 2.39. The predicted molar refractivity (Wildman–Crippen MR) is 60.9 cm³/mol. The van der Waals surface area contributed by atoms with Crippen LogP contribution in [0.2, 0.25) is 5.02 Å². The molecule has 0 aliphatic rings. The standard InChI is InChI=1S/C11H8Cl2O2/c1-5-3-8(12)6(2)7-4-9(11(13)14)15-10(5)7/h3-4H,1-2H3. The van der Waals surface area contributed by atoms with Crippen LogP contribution in [0.3, 0.4) is 0 Å². The van der Waals surface area contributed by atoms with Gasteiger partial charge in [-0.05, 0) is 48.7 Å². The molecular formula is C11H8Cl2O2. The molecule has 0 atom stereocenters.